The molecule has 0 amide bonds. The van der Waals surface area contributed by atoms with E-state index in [4.69, 9.17) is 16.3 Å². The molecule has 0 aromatic carbocycles. The van der Waals surface area contributed by atoms with Crippen LogP contribution in [-0.2, 0) is 4.74 Å². The Hall–Kier alpha value is -1.75. The van der Waals surface area contributed by atoms with E-state index >= 15 is 0 Å². The molecule has 2 aromatic rings. The van der Waals surface area contributed by atoms with Crippen molar-refractivity contribution in [2.45, 2.75) is 0 Å². The van der Waals surface area contributed by atoms with E-state index in [0.29, 0.717) is 16.5 Å². The van der Waals surface area contributed by atoms with Gasteiger partial charge in [0.05, 0.1) is 19.2 Å². The molecule has 0 saturated carbocycles. The molecular weight excluding hydrogens is 232 g/mol. The van der Waals surface area contributed by atoms with Crippen molar-refractivity contribution in [1.29, 1.82) is 0 Å². The molecule has 0 saturated heterocycles. The van der Waals surface area contributed by atoms with Gasteiger partial charge in [-0.1, -0.05) is 11.6 Å². The van der Waals surface area contributed by atoms with Gasteiger partial charge in [-0.15, -0.1) is 0 Å². The number of nitrogens with zero attached hydrogens (tertiary/aromatic N) is 2. The third-order valence-corrected chi connectivity index (χ3v) is 2.33. The van der Waals surface area contributed by atoms with E-state index in [1.165, 1.54) is 14.2 Å². The van der Waals surface area contributed by atoms with Gasteiger partial charge in [-0.2, -0.15) is 0 Å². The Labute approximate surface area is 96.6 Å². The molecule has 84 valence electrons. The summed E-state index contributed by atoms with van der Waals surface area (Å²) in [4.78, 5) is 15.5. The second-order valence-corrected chi connectivity index (χ2v) is 3.47. The number of hydrogen-bond donors (Lipinski definition) is 0. The SMILES string of the molecule is COC(=O)c1nc2ccc(Cl)cn2c1OC. The van der Waals surface area contributed by atoms with Crippen LogP contribution in [0.15, 0.2) is 18.3 Å². The van der Waals surface area contributed by atoms with Gasteiger partial charge in [-0.3, -0.25) is 4.40 Å². The van der Waals surface area contributed by atoms with Gasteiger partial charge >= 0.3 is 5.97 Å². The standard InChI is InChI=1S/C10H9ClN2O3/c1-15-9-8(10(14)16-2)12-7-4-3-6(11)5-13(7)9/h3-5H,1-2H3. The number of ether oxygens (including phenoxy) is 2. The highest BCUT2D eigenvalue weighted by molar-refractivity contribution is 6.30. The number of carbonyl (C=O) groups excluding carboxylic acids is 1. The van der Waals surface area contributed by atoms with E-state index in [1.807, 2.05) is 0 Å². The molecule has 2 heterocycles. The maximum absolute atomic E-state index is 11.4. The molecular formula is C10H9ClN2O3. The van der Waals surface area contributed by atoms with Crippen LogP contribution in [0.4, 0.5) is 0 Å². The highest BCUT2D eigenvalue weighted by Gasteiger charge is 2.20. The lowest BCUT2D eigenvalue weighted by atomic mass is 10.4. The van der Waals surface area contributed by atoms with Crippen LogP contribution in [0.1, 0.15) is 10.5 Å². The number of hydrogen-bond acceptors (Lipinski definition) is 4. The summed E-state index contributed by atoms with van der Waals surface area (Å²) in [7, 11) is 2.75. The van der Waals surface area contributed by atoms with Gasteiger partial charge in [0.1, 0.15) is 5.65 Å². The van der Waals surface area contributed by atoms with Crippen molar-refractivity contribution in [1.82, 2.24) is 9.38 Å². The van der Waals surface area contributed by atoms with Crippen molar-refractivity contribution in [3.63, 3.8) is 0 Å². The molecule has 0 fully saturated rings. The topological polar surface area (TPSA) is 52.8 Å². The first kappa shape index (κ1) is 10.8. The molecule has 5 nitrogen and oxygen atoms in total. The van der Waals surface area contributed by atoms with Gasteiger partial charge in [0.15, 0.2) is 0 Å². The number of aromatic nitrogens is 2. The minimum Gasteiger partial charge on any atom is -0.480 e. The van der Waals surface area contributed by atoms with Crippen LogP contribution in [0.3, 0.4) is 0 Å². The fraction of sp³-hybridized carbons (Fsp3) is 0.200. The summed E-state index contributed by atoms with van der Waals surface area (Å²) >= 11 is 5.85. The van der Waals surface area contributed by atoms with Crippen molar-refractivity contribution >= 4 is 23.2 Å². The average molecular weight is 241 g/mol. The largest absolute Gasteiger partial charge is 0.480 e. The van der Waals surface area contributed by atoms with Crippen LogP contribution >= 0.6 is 11.6 Å². The summed E-state index contributed by atoms with van der Waals surface area (Å²) < 4.78 is 11.3. The highest BCUT2D eigenvalue weighted by atomic mass is 35.5. The predicted molar refractivity (Wildman–Crippen MR) is 58.1 cm³/mol. The Balaban J connectivity index is 2.71. The summed E-state index contributed by atoms with van der Waals surface area (Å²) in [6.45, 7) is 0. The summed E-state index contributed by atoms with van der Waals surface area (Å²) in [6.07, 6.45) is 1.62. The van der Waals surface area contributed by atoms with Gasteiger partial charge in [-0.05, 0) is 12.1 Å². The van der Waals surface area contributed by atoms with Crippen LogP contribution < -0.4 is 4.74 Å². The summed E-state index contributed by atoms with van der Waals surface area (Å²) in [5, 5.41) is 0.527. The molecule has 0 radical (unpaired) electrons. The second kappa shape index (κ2) is 4.02. The Kier molecular flexibility index (Phi) is 2.70. The number of imidazole rings is 1. The second-order valence-electron chi connectivity index (χ2n) is 3.04. The first-order chi connectivity index (χ1) is 7.67. The summed E-state index contributed by atoms with van der Waals surface area (Å²) in [5.74, 6) is -0.235. The predicted octanol–water partition coefficient (Wildman–Crippen LogP) is 1.78. The Morgan fingerprint density at radius 3 is 2.81 bits per heavy atom. The lowest BCUT2D eigenvalue weighted by Gasteiger charge is -2.01. The number of carbonyl (C=O) groups is 1. The number of methoxy groups -OCH3 is 2. The van der Waals surface area contributed by atoms with E-state index in [9.17, 15) is 4.79 Å². The molecule has 0 unspecified atom stereocenters. The molecule has 2 rings (SSSR count). The van der Waals surface area contributed by atoms with Crippen molar-refractivity contribution in [3.8, 4) is 5.88 Å². The Morgan fingerprint density at radius 2 is 2.19 bits per heavy atom. The summed E-state index contributed by atoms with van der Waals surface area (Å²) in [6, 6.07) is 3.38. The highest BCUT2D eigenvalue weighted by Crippen LogP contribution is 2.23. The quantitative estimate of drug-likeness (QED) is 0.751. The third-order valence-electron chi connectivity index (χ3n) is 2.11. The molecule has 6 heteroatoms. The van der Waals surface area contributed by atoms with Crippen molar-refractivity contribution in [3.05, 3.63) is 29.0 Å². The summed E-state index contributed by atoms with van der Waals surface area (Å²) in [5.41, 5.74) is 0.703. The number of rotatable bonds is 2. The van der Waals surface area contributed by atoms with Gasteiger partial charge in [0, 0.05) is 6.20 Å². The van der Waals surface area contributed by atoms with Gasteiger partial charge in [-0.25, -0.2) is 9.78 Å². The zero-order valence-corrected chi connectivity index (χ0v) is 9.49. The fourth-order valence-electron chi connectivity index (χ4n) is 1.42. The fourth-order valence-corrected chi connectivity index (χ4v) is 1.58. The van der Waals surface area contributed by atoms with Crippen LogP contribution in [-0.4, -0.2) is 29.6 Å². The van der Waals surface area contributed by atoms with Crippen molar-refractivity contribution in [2.75, 3.05) is 14.2 Å². The smallest absolute Gasteiger partial charge is 0.362 e. The molecule has 0 aliphatic heterocycles. The monoisotopic (exact) mass is 240 g/mol. The van der Waals surface area contributed by atoms with E-state index in [2.05, 4.69) is 9.72 Å². The van der Waals surface area contributed by atoms with Gasteiger partial charge in [0.2, 0.25) is 11.6 Å². The number of esters is 1. The lowest BCUT2D eigenvalue weighted by Crippen LogP contribution is -2.04. The van der Waals surface area contributed by atoms with Crippen LogP contribution in [0.5, 0.6) is 5.88 Å². The van der Waals surface area contributed by atoms with Crippen LogP contribution in [0, 0.1) is 0 Å². The van der Waals surface area contributed by atoms with Crippen molar-refractivity contribution < 1.29 is 14.3 Å². The molecule has 0 bridgehead atoms. The molecule has 0 spiro atoms. The first-order valence-corrected chi connectivity index (χ1v) is 4.85. The maximum Gasteiger partial charge on any atom is 0.362 e. The van der Waals surface area contributed by atoms with Gasteiger partial charge in [0.25, 0.3) is 0 Å². The molecule has 0 aliphatic carbocycles. The van der Waals surface area contributed by atoms with E-state index in [-0.39, 0.29) is 5.69 Å². The van der Waals surface area contributed by atoms with E-state index in [1.54, 1.807) is 22.7 Å². The van der Waals surface area contributed by atoms with Crippen LogP contribution in [0.25, 0.3) is 5.65 Å². The number of pyridine rings is 1. The lowest BCUT2D eigenvalue weighted by molar-refractivity contribution is 0.0590. The molecule has 2 aromatic heterocycles. The number of halogens is 1. The van der Waals surface area contributed by atoms with Gasteiger partial charge < -0.3 is 9.47 Å². The Bertz CT molecular complexity index is 550. The first-order valence-electron chi connectivity index (χ1n) is 4.47. The van der Waals surface area contributed by atoms with E-state index < -0.39 is 5.97 Å². The van der Waals surface area contributed by atoms with E-state index in [0.717, 1.165) is 0 Å². The maximum atomic E-state index is 11.4. The zero-order valence-electron chi connectivity index (χ0n) is 8.73. The number of fused-ring (bicyclic) bond motifs is 1. The Morgan fingerprint density at radius 1 is 1.44 bits per heavy atom. The molecule has 0 N–H and O–H groups in total. The minimum atomic E-state index is -0.545. The molecule has 16 heavy (non-hydrogen) atoms. The normalized spacial score (nSPS) is 10.4. The van der Waals surface area contributed by atoms with Crippen LogP contribution in [0.2, 0.25) is 5.02 Å². The molecule has 0 atom stereocenters. The minimum absolute atomic E-state index is 0.132. The average Bonchev–Trinajstić information content (AvgIpc) is 2.65. The van der Waals surface area contributed by atoms with Crippen molar-refractivity contribution in [2.24, 2.45) is 0 Å². The molecule has 0 aliphatic rings. The zero-order chi connectivity index (χ0) is 11.7. The third kappa shape index (κ3) is 1.59.